The molecule has 1 amide bonds. The highest BCUT2D eigenvalue weighted by molar-refractivity contribution is 5.98. The summed E-state index contributed by atoms with van der Waals surface area (Å²) in [7, 11) is 0. The number of fused-ring (bicyclic) bond motifs is 3. The van der Waals surface area contributed by atoms with Gasteiger partial charge in [-0.15, -0.1) is 0 Å². The van der Waals surface area contributed by atoms with Crippen LogP contribution in [0.2, 0.25) is 0 Å². The van der Waals surface area contributed by atoms with Gasteiger partial charge in [0.05, 0.1) is 11.7 Å². The summed E-state index contributed by atoms with van der Waals surface area (Å²) in [6.45, 7) is 1.61. The monoisotopic (exact) mass is 332 g/mol. The number of rotatable bonds is 1. The van der Waals surface area contributed by atoms with Crippen LogP contribution in [0.25, 0.3) is 10.9 Å². The Bertz CT molecular complexity index is 963. The maximum absolute atomic E-state index is 13.1. The fourth-order valence-corrected chi connectivity index (χ4v) is 4.56. The zero-order valence-corrected chi connectivity index (χ0v) is 14.0. The highest BCUT2D eigenvalue weighted by Gasteiger charge is 2.44. The molecule has 5 rings (SSSR count). The van der Waals surface area contributed by atoms with Gasteiger partial charge in [-0.25, -0.2) is 0 Å². The molecule has 1 aliphatic carbocycles. The van der Waals surface area contributed by atoms with E-state index in [4.69, 9.17) is 0 Å². The smallest absolute Gasteiger partial charge is 0.253 e. The lowest BCUT2D eigenvalue weighted by molar-refractivity contribution is 0.0633. The average molecular weight is 332 g/mol. The van der Waals surface area contributed by atoms with E-state index in [0.29, 0.717) is 0 Å². The number of aryl methyl sites for hydroxylation is 1. The van der Waals surface area contributed by atoms with Gasteiger partial charge in [-0.05, 0) is 55.5 Å². The quantitative estimate of drug-likeness (QED) is 0.745. The maximum Gasteiger partial charge on any atom is 0.253 e. The number of amides is 1. The van der Waals surface area contributed by atoms with Gasteiger partial charge < -0.3 is 4.90 Å². The van der Waals surface area contributed by atoms with Crippen LogP contribution in [0.1, 0.15) is 40.9 Å². The molecule has 1 unspecified atom stereocenters. The molecule has 1 saturated heterocycles. The molecule has 3 aromatic rings. The largest absolute Gasteiger partial charge is 0.338 e. The molecule has 1 aromatic carbocycles. The van der Waals surface area contributed by atoms with Crippen molar-refractivity contribution >= 4 is 16.8 Å². The molecule has 1 fully saturated rings. The van der Waals surface area contributed by atoms with Gasteiger partial charge in [-0.1, -0.05) is 6.07 Å². The van der Waals surface area contributed by atoms with Gasteiger partial charge in [-0.3, -0.25) is 14.9 Å². The van der Waals surface area contributed by atoms with E-state index in [1.165, 1.54) is 11.3 Å². The van der Waals surface area contributed by atoms with Gasteiger partial charge in [0, 0.05) is 41.3 Å². The second-order valence-electron chi connectivity index (χ2n) is 7.29. The number of H-pyrrole nitrogens is 1. The fourth-order valence-electron chi connectivity index (χ4n) is 4.56. The lowest BCUT2D eigenvalue weighted by Gasteiger charge is -2.40. The van der Waals surface area contributed by atoms with Crippen molar-refractivity contribution in [3.8, 4) is 0 Å². The number of pyridine rings is 1. The van der Waals surface area contributed by atoms with Crippen LogP contribution in [0.5, 0.6) is 0 Å². The highest BCUT2D eigenvalue weighted by Crippen LogP contribution is 2.44. The van der Waals surface area contributed by atoms with Crippen molar-refractivity contribution in [1.82, 2.24) is 20.1 Å². The predicted molar refractivity (Wildman–Crippen MR) is 95.5 cm³/mol. The first-order valence-electron chi connectivity index (χ1n) is 8.92. The van der Waals surface area contributed by atoms with Crippen molar-refractivity contribution in [2.45, 2.75) is 31.1 Å². The number of carbonyl (C=O) groups is 1. The van der Waals surface area contributed by atoms with Crippen molar-refractivity contribution in [3.05, 3.63) is 59.5 Å². The first kappa shape index (κ1) is 14.6. The normalized spacial score (nSPS) is 22.5. The van der Waals surface area contributed by atoms with E-state index in [9.17, 15) is 4.79 Å². The maximum atomic E-state index is 13.1. The second kappa shape index (κ2) is 5.41. The Morgan fingerprint density at radius 2 is 2.20 bits per heavy atom. The minimum absolute atomic E-state index is 0.0676. The summed E-state index contributed by atoms with van der Waals surface area (Å²) in [5.74, 6) is 0.123. The van der Waals surface area contributed by atoms with Crippen LogP contribution in [0.3, 0.4) is 0 Å². The Labute approximate surface area is 146 Å². The molecule has 25 heavy (non-hydrogen) atoms. The fraction of sp³-hybridized carbons (Fsp3) is 0.350. The molecule has 3 heterocycles. The number of hydrogen-bond donors (Lipinski definition) is 1. The van der Waals surface area contributed by atoms with Gasteiger partial charge in [-0.2, -0.15) is 5.10 Å². The number of aromatic nitrogens is 3. The molecule has 1 aliphatic heterocycles. The number of carbonyl (C=O) groups excluding carboxylic acids is 1. The minimum Gasteiger partial charge on any atom is -0.338 e. The number of nitrogens with zero attached hydrogens (tertiary/aromatic N) is 3. The molecule has 0 bridgehead atoms. The Hall–Kier alpha value is -2.69. The molecule has 2 aliphatic rings. The summed E-state index contributed by atoms with van der Waals surface area (Å²) in [5.41, 5.74) is 4.32. The number of piperidine rings is 1. The van der Waals surface area contributed by atoms with E-state index in [0.717, 1.165) is 55.2 Å². The molecule has 2 aromatic heterocycles. The van der Waals surface area contributed by atoms with Crippen molar-refractivity contribution in [1.29, 1.82) is 0 Å². The van der Waals surface area contributed by atoms with Crippen LogP contribution in [0.4, 0.5) is 0 Å². The van der Waals surface area contributed by atoms with Gasteiger partial charge >= 0.3 is 0 Å². The first-order chi connectivity index (χ1) is 12.3. The van der Waals surface area contributed by atoms with E-state index in [1.54, 1.807) is 6.20 Å². The topological polar surface area (TPSA) is 61.9 Å². The van der Waals surface area contributed by atoms with Crippen LogP contribution < -0.4 is 0 Å². The Kier molecular flexibility index (Phi) is 3.17. The predicted octanol–water partition coefficient (Wildman–Crippen LogP) is 3.08. The van der Waals surface area contributed by atoms with Crippen molar-refractivity contribution in [2.24, 2.45) is 0 Å². The molecular weight excluding hydrogens is 312 g/mol. The summed E-state index contributed by atoms with van der Waals surface area (Å²) in [5, 5.41) is 8.44. The van der Waals surface area contributed by atoms with E-state index in [-0.39, 0.29) is 11.3 Å². The molecule has 0 radical (unpaired) electrons. The molecular formula is C20H20N4O. The zero-order valence-electron chi connectivity index (χ0n) is 14.0. The second-order valence-corrected chi connectivity index (χ2v) is 7.29. The number of hydrogen-bond acceptors (Lipinski definition) is 3. The van der Waals surface area contributed by atoms with Crippen molar-refractivity contribution in [3.63, 3.8) is 0 Å². The summed E-state index contributed by atoms with van der Waals surface area (Å²) < 4.78 is 0. The van der Waals surface area contributed by atoms with Crippen LogP contribution in [-0.2, 0) is 11.8 Å². The highest BCUT2D eigenvalue weighted by atomic mass is 16.2. The van der Waals surface area contributed by atoms with E-state index in [2.05, 4.69) is 15.2 Å². The number of nitrogens with one attached hydrogen (secondary N) is 1. The molecule has 5 nitrogen and oxygen atoms in total. The third kappa shape index (κ3) is 2.26. The van der Waals surface area contributed by atoms with Crippen molar-refractivity contribution < 1.29 is 4.79 Å². The lowest BCUT2D eigenvalue weighted by Crippen LogP contribution is -2.47. The van der Waals surface area contributed by atoms with Crippen molar-refractivity contribution in [2.75, 3.05) is 13.1 Å². The van der Waals surface area contributed by atoms with Gasteiger partial charge in [0.15, 0.2) is 0 Å². The van der Waals surface area contributed by atoms with Gasteiger partial charge in [0.2, 0.25) is 0 Å². The minimum atomic E-state index is 0.0676. The molecule has 0 saturated carbocycles. The number of aromatic amines is 1. The van der Waals surface area contributed by atoms with E-state index in [1.807, 2.05) is 41.4 Å². The number of benzene rings is 1. The lowest BCUT2D eigenvalue weighted by atomic mass is 9.77. The number of likely N-dealkylation sites (tertiary alicyclic amines) is 1. The first-order valence-corrected chi connectivity index (χ1v) is 8.92. The summed E-state index contributed by atoms with van der Waals surface area (Å²) in [6.07, 6.45) is 8.08. The molecule has 1 atom stereocenters. The standard InChI is InChI=1S/C20H20N4O/c25-19(15-4-5-17-14(11-15)3-1-9-21-17)24-10-2-7-20(13-24)8-6-16-12-22-23-18(16)20/h1,3-5,9,11-12H,2,6-8,10,13H2,(H,22,23). The van der Waals surface area contributed by atoms with Crippen LogP contribution in [0, 0.1) is 0 Å². The molecule has 1 spiro atoms. The summed E-state index contributed by atoms with van der Waals surface area (Å²) in [6, 6.07) is 9.71. The Balaban J connectivity index is 1.45. The molecule has 126 valence electrons. The van der Waals surface area contributed by atoms with Crippen LogP contribution in [-0.4, -0.2) is 39.1 Å². The van der Waals surface area contributed by atoms with Crippen LogP contribution in [0.15, 0.2) is 42.7 Å². The summed E-state index contributed by atoms with van der Waals surface area (Å²) in [4.78, 5) is 19.5. The third-order valence-electron chi connectivity index (χ3n) is 5.84. The zero-order chi connectivity index (χ0) is 16.9. The van der Waals surface area contributed by atoms with Gasteiger partial charge in [0.25, 0.3) is 5.91 Å². The van der Waals surface area contributed by atoms with E-state index >= 15 is 0 Å². The average Bonchev–Trinajstić information content (AvgIpc) is 3.26. The molecule has 1 N–H and O–H groups in total. The summed E-state index contributed by atoms with van der Waals surface area (Å²) >= 11 is 0. The van der Waals surface area contributed by atoms with Gasteiger partial charge in [0.1, 0.15) is 0 Å². The Morgan fingerprint density at radius 1 is 1.24 bits per heavy atom. The van der Waals surface area contributed by atoms with E-state index < -0.39 is 0 Å². The third-order valence-corrected chi connectivity index (χ3v) is 5.84. The SMILES string of the molecule is O=C(c1ccc2ncccc2c1)N1CCCC2(CCc3cn[nH]c32)C1. The van der Waals surface area contributed by atoms with Crippen LogP contribution >= 0.6 is 0 Å². The Morgan fingerprint density at radius 3 is 3.16 bits per heavy atom. The molecule has 5 heteroatoms.